The summed E-state index contributed by atoms with van der Waals surface area (Å²) in [6, 6.07) is 0. The molecule has 0 rings (SSSR count). The number of ketones is 1. The van der Waals surface area contributed by atoms with Crippen LogP contribution < -0.4 is 0 Å². The quantitative estimate of drug-likeness (QED) is 0.339. The highest BCUT2D eigenvalue weighted by atomic mass is 16.1. The number of aldehydes is 1. The predicted molar refractivity (Wildman–Crippen MR) is 33.6 cm³/mol. The molecule has 50 valence electrons. The fourth-order valence-corrected chi connectivity index (χ4v) is 0.503. The van der Waals surface area contributed by atoms with Crippen LogP contribution in [-0.2, 0) is 9.59 Å². The Balaban J connectivity index is 4.16. The Hall–Kier alpha value is -0.990. The Labute approximate surface area is 53.6 Å². The molecule has 0 aromatic carbocycles. The molecule has 0 radical (unpaired) electrons. The van der Waals surface area contributed by atoms with Gasteiger partial charge in [0.1, 0.15) is 18.0 Å². The first-order valence-corrected chi connectivity index (χ1v) is 2.60. The molecule has 0 aliphatic rings. The minimum absolute atomic E-state index is 0.109. The lowest BCUT2D eigenvalue weighted by atomic mass is 10.0. The number of hydrogen-bond acceptors (Lipinski definition) is 3. The highest BCUT2D eigenvalue weighted by Crippen LogP contribution is 1.94. The molecule has 0 aliphatic carbocycles. The van der Waals surface area contributed by atoms with Crippen LogP contribution in [0.2, 0.25) is 0 Å². The van der Waals surface area contributed by atoms with Gasteiger partial charge in [-0.1, -0.05) is 0 Å². The van der Waals surface area contributed by atoms with Gasteiger partial charge in [0.05, 0.1) is 0 Å². The number of rotatable bonds is 3. The summed E-state index contributed by atoms with van der Waals surface area (Å²) in [4.78, 5) is 20.5. The molecule has 0 spiro atoms. The molecule has 1 atom stereocenters. The predicted octanol–water partition coefficient (Wildman–Crippen LogP) is 0.430. The van der Waals surface area contributed by atoms with Crippen molar-refractivity contribution in [3.8, 4) is 0 Å². The summed E-state index contributed by atoms with van der Waals surface area (Å²) >= 11 is 0. The first-order chi connectivity index (χ1) is 4.09. The van der Waals surface area contributed by atoms with Crippen molar-refractivity contribution in [1.82, 2.24) is 0 Å². The van der Waals surface area contributed by atoms with E-state index in [0.717, 1.165) is 0 Å². The van der Waals surface area contributed by atoms with Crippen molar-refractivity contribution in [2.24, 2.45) is 5.92 Å². The largest absolute Gasteiger partial charge is 0.309 e. The van der Waals surface area contributed by atoms with E-state index in [-0.39, 0.29) is 11.5 Å². The van der Waals surface area contributed by atoms with E-state index in [4.69, 9.17) is 5.41 Å². The van der Waals surface area contributed by atoms with Gasteiger partial charge in [0.15, 0.2) is 0 Å². The molecular weight excluding hydrogens is 118 g/mol. The van der Waals surface area contributed by atoms with Crippen molar-refractivity contribution >= 4 is 17.8 Å². The van der Waals surface area contributed by atoms with Gasteiger partial charge in [-0.25, -0.2) is 0 Å². The van der Waals surface area contributed by atoms with Gasteiger partial charge in [0.2, 0.25) is 0 Å². The van der Waals surface area contributed by atoms with Gasteiger partial charge in [0.25, 0.3) is 0 Å². The topological polar surface area (TPSA) is 58.0 Å². The lowest BCUT2D eigenvalue weighted by Crippen LogP contribution is -2.19. The lowest BCUT2D eigenvalue weighted by molar-refractivity contribution is -0.123. The van der Waals surface area contributed by atoms with E-state index in [1.54, 1.807) is 0 Å². The highest BCUT2D eigenvalue weighted by molar-refractivity contribution is 6.12. The minimum Gasteiger partial charge on any atom is -0.309 e. The molecule has 0 saturated heterocycles. The normalized spacial score (nSPS) is 12.2. The average molecular weight is 127 g/mol. The molecule has 3 heteroatoms. The Morgan fingerprint density at radius 3 is 2.00 bits per heavy atom. The number of carbonyl (C=O) groups excluding carboxylic acids is 2. The second-order valence-corrected chi connectivity index (χ2v) is 1.91. The van der Waals surface area contributed by atoms with E-state index in [0.29, 0.717) is 6.29 Å². The third-order valence-electron chi connectivity index (χ3n) is 1.04. The lowest BCUT2D eigenvalue weighted by Gasteiger charge is -2.00. The van der Waals surface area contributed by atoms with Crippen molar-refractivity contribution in [3.63, 3.8) is 0 Å². The zero-order valence-corrected chi connectivity index (χ0v) is 5.47. The molecule has 0 aromatic rings. The Bertz CT molecular complexity index is 137. The molecule has 0 bridgehead atoms. The van der Waals surface area contributed by atoms with Crippen LogP contribution in [0.3, 0.4) is 0 Å². The van der Waals surface area contributed by atoms with Gasteiger partial charge in [-0.2, -0.15) is 0 Å². The molecule has 0 saturated carbocycles. The van der Waals surface area contributed by atoms with E-state index < -0.39 is 5.92 Å². The molecule has 3 nitrogen and oxygen atoms in total. The summed E-state index contributed by atoms with van der Waals surface area (Å²) in [5.41, 5.74) is 0.109. The summed E-state index contributed by atoms with van der Waals surface area (Å²) in [6.45, 7) is 2.75. The van der Waals surface area contributed by atoms with Gasteiger partial charge in [-0.15, -0.1) is 0 Å². The molecular formula is C6H9NO2. The van der Waals surface area contributed by atoms with E-state index >= 15 is 0 Å². The van der Waals surface area contributed by atoms with Gasteiger partial charge < -0.3 is 10.2 Å². The smallest absolute Gasteiger partial charge is 0.145 e. The number of carbonyl (C=O) groups is 2. The maximum atomic E-state index is 10.4. The molecule has 1 unspecified atom stereocenters. The molecule has 0 aliphatic heterocycles. The van der Waals surface area contributed by atoms with Gasteiger partial charge in [-0.05, 0) is 13.8 Å². The van der Waals surface area contributed by atoms with Crippen LogP contribution in [0.25, 0.3) is 0 Å². The molecule has 0 amide bonds. The first-order valence-electron chi connectivity index (χ1n) is 2.60. The van der Waals surface area contributed by atoms with Crippen molar-refractivity contribution < 1.29 is 9.59 Å². The molecule has 0 heterocycles. The Morgan fingerprint density at radius 1 is 1.56 bits per heavy atom. The Kier molecular flexibility index (Phi) is 2.78. The van der Waals surface area contributed by atoms with E-state index in [1.807, 2.05) is 0 Å². The van der Waals surface area contributed by atoms with Crippen LogP contribution in [0.15, 0.2) is 0 Å². The van der Waals surface area contributed by atoms with Gasteiger partial charge in [0, 0.05) is 5.71 Å². The van der Waals surface area contributed by atoms with Crippen molar-refractivity contribution in [2.45, 2.75) is 13.8 Å². The zero-order valence-electron chi connectivity index (χ0n) is 5.47. The van der Waals surface area contributed by atoms with Crippen LogP contribution >= 0.6 is 0 Å². The maximum Gasteiger partial charge on any atom is 0.145 e. The number of nitrogens with one attached hydrogen (secondary N) is 1. The number of hydrogen-bond donors (Lipinski definition) is 1. The summed E-state index contributed by atoms with van der Waals surface area (Å²) in [5.74, 6) is -1.08. The third kappa shape index (κ3) is 2.17. The summed E-state index contributed by atoms with van der Waals surface area (Å²) in [5, 5.41) is 6.93. The van der Waals surface area contributed by atoms with Crippen molar-refractivity contribution in [2.75, 3.05) is 0 Å². The van der Waals surface area contributed by atoms with Crippen LogP contribution in [0, 0.1) is 11.3 Å². The fraction of sp³-hybridized carbons (Fsp3) is 0.500. The summed E-state index contributed by atoms with van der Waals surface area (Å²) in [6.07, 6.45) is 0.491. The maximum absolute atomic E-state index is 10.4. The van der Waals surface area contributed by atoms with Crippen LogP contribution in [0.5, 0.6) is 0 Å². The monoisotopic (exact) mass is 127 g/mol. The van der Waals surface area contributed by atoms with Crippen LogP contribution in [0.1, 0.15) is 13.8 Å². The van der Waals surface area contributed by atoms with E-state index in [2.05, 4.69) is 0 Å². The standard InChI is InChI=1S/C6H9NO2/c1-4(7)6(3-8)5(2)9/h3,6-7H,1-2H3. The second-order valence-electron chi connectivity index (χ2n) is 1.91. The Morgan fingerprint density at radius 2 is 2.00 bits per heavy atom. The minimum atomic E-state index is -0.815. The SMILES string of the molecule is CC(=N)C(C=O)C(C)=O. The van der Waals surface area contributed by atoms with Crippen LogP contribution in [-0.4, -0.2) is 17.8 Å². The van der Waals surface area contributed by atoms with E-state index in [9.17, 15) is 9.59 Å². The van der Waals surface area contributed by atoms with Crippen LogP contribution in [0.4, 0.5) is 0 Å². The number of Topliss-reactive ketones (excluding diaryl/α,β-unsaturated/α-hetero) is 1. The van der Waals surface area contributed by atoms with Crippen molar-refractivity contribution in [1.29, 1.82) is 5.41 Å². The average Bonchev–Trinajstić information content (AvgIpc) is 1.64. The highest BCUT2D eigenvalue weighted by Gasteiger charge is 2.13. The second kappa shape index (κ2) is 3.12. The van der Waals surface area contributed by atoms with E-state index in [1.165, 1.54) is 13.8 Å². The first kappa shape index (κ1) is 8.01. The fourth-order valence-electron chi connectivity index (χ4n) is 0.503. The summed E-state index contributed by atoms with van der Waals surface area (Å²) < 4.78 is 0. The zero-order chi connectivity index (χ0) is 7.44. The molecule has 1 N–H and O–H groups in total. The molecule has 0 aromatic heterocycles. The third-order valence-corrected chi connectivity index (χ3v) is 1.04. The van der Waals surface area contributed by atoms with Crippen molar-refractivity contribution in [3.05, 3.63) is 0 Å². The summed E-state index contributed by atoms with van der Waals surface area (Å²) in [7, 11) is 0. The van der Waals surface area contributed by atoms with Gasteiger partial charge in [-0.3, -0.25) is 4.79 Å². The molecule has 9 heavy (non-hydrogen) atoms. The molecule has 0 fully saturated rings. The van der Waals surface area contributed by atoms with Gasteiger partial charge >= 0.3 is 0 Å².